The van der Waals surface area contributed by atoms with Crippen LogP contribution in [0.15, 0.2) is 53.9 Å². The summed E-state index contributed by atoms with van der Waals surface area (Å²) in [4.78, 5) is 16.9. The van der Waals surface area contributed by atoms with E-state index >= 15 is 0 Å². The standard InChI is InChI=1S/C29H33F5N4O3/c1-28(2,19-7-9-24(36-16-19)29(32,33)34)38-26(39)18-6-8-22(23(15-18)37-20-10-12-40-13-11-20)25(35)17-4-3-5-21(14-17)41-27(30)31/h3-5,7,9,14,16,18,20,27,35,37H,6,8,10-13,15H2,1-2H3,(H,38,39)/t18-/m1/s1. The molecule has 1 aromatic carbocycles. The van der Waals surface area contributed by atoms with Gasteiger partial charge >= 0.3 is 12.8 Å². The number of nitrogens with one attached hydrogen (secondary N) is 3. The Morgan fingerprint density at radius 2 is 1.85 bits per heavy atom. The number of amides is 1. The lowest BCUT2D eigenvalue weighted by Gasteiger charge is -2.34. The van der Waals surface area contributed by atoms with Crippen LogP contribution in [0.5, 0.6) is 5.75 Å². The van der Waals surface area contributed by atoms with Crippen LogP contribution in [0.3, 0.4) is 0 Å². The number of aromatic nitrogens is 1. The molecule has 1 aliphatic carbocycles. The lowest BCUT2D eigenvalue weighted by atomic mass is 9.82. The number of benzene rings is 1. The molecule has 0 unspecified atom stereocenters. The van der Waals surface area contributed by atoms with Crippen LogP contribution in [0, 0.1) is 11.3 Å². The summed E-state index contributed by atoms with van der Waals surface area (Å²) in [7, 11) is 0. The lowest BCUT2D eigenvalue weighted by Crippen LogP contribution is -2.46. The van der Waals surface area contributed by atoms with E-state index < -0.39 is 29.9 Å². The maximum Gasteiger partial charge on any atom is 0.433 e. The highest BCUT2D eigenvalue weighted by molar-refractivity contribution is 6.11. The molecule has 4 rings (SSSR count). The van der Waals surface area contributed by atoms with Crippen LogP contribution in [-0.4, -0.2) is 42.5 Å². The van der Waals surface area contributed by atoms with E-state index in [2.05, 4.69) is 20.4 Å². The average molecular weight is 581 g/mol. The fourth-order valence-electron chi connectivity index (χ4n) is 5.09. The molecular formula is C29H33F5N4O3. The molecule has 0 radical (unpaired) electrons. The highest BCUT2D eigenvalue weighted by Gasteiger charge is 2.35. The van der Waals surface area contributed by atoms with Crippen LogP contribution in [0.4, 0.5) is 22.0 Å². The molecule has 2 aliphatic rings. The van der Waals surface area contributed by atoms with E-state index in [0.29, 0.717) is 49.2 Å². The van der Waals surface area contributed by atoms with Crippen molar-refractivity contribution in [1.82, 2.24) is 15.6 Å². The van der Waals surface area contributed by atoms with Gasteiger partial charge in [0, 0.05) is 42.6 Å². The third-order valence-corrected chi connectivity index (χ3v) is 7.39. The molecule has 2 heterocycles. The summed E-state index contributed by atoms with van der Waals surface area (Å²) in [6.45, 7) is 1.59. The van der Waals surface area contributed by atoms with Gasteiger partial charge in [-0.2, -0.15) is 22.0 Å². The van der Waals surface area contributed by atoms with Crippen LogP contribution in [-0.2, 0) is 21.2 Å². The molecule has 0 bridgehead atoms. The number of halogens is 5. The number of hydrogen-bond acceptors (Lipinski definition) is 6. The summed E-state index contributed by atoms with van der Waals surface area (Å²) in [6.07, 6.45) is -0.791. The maximum atomic E-state index is 13.4. The van der Waals surface area contributed by atoms with E-state index in [1.54, 1.807) is 26.0 Å². The quantitative estimate of drug-likeness (QED) is 0.252. The Balaban J connectivity index is 1.54. The van der Waals surface area contributed by atoms with Crippen molar-refractivity contribution in [2.24, 2.45) is 5.92 Å². The van der Waals surface area contributed by atoms with Gasteiger partial charge in [0.15, 0.2) is 0 Å². The second kappa shape index (κ2) is 12.5. The van der Waals surface area contributed by atoms with E-state index in [1.807, 2.05) is 0 Å². The van der Waals surface area contributed by atoms with E-state index in [-0.39, 0.29) is 23.4 Å². The minimum Gasteiger partial charge on any atom is -0.435 e. The number of carbonyl (C=O) groups is 1. The van der Waals surface area contributed by atoms with Gasteiger partial charge < -0.3 is 20.1 Å². The van der Waals surface area contributed by atoms with Crippen LogP contribution >= 0.6 is 0 Å². The first-order valence-electron chi connectivity index (χ1n) is 13.4. The highest BCUT2D eigenvalue weighted by Crippen LogP contribution is 2.34. The minimum absolute atomic E-state index is 0.0464. The van der Waals surface area contributed by atoms with E-state index in [0.717, 1.165) is 30.8 Å². The SMILES string of the molecule is CC(C)(NC(=O)[C@@H]1CCC(C(=N)c2cccc(OC(F)F)c2)=C(NC2CCOCC2)C1)c1ccc(C(F)(F)F)nc1. The van der Waals surface area contributed by atoms with E-state index in [9.17, 15) is 26.7 Å². The lowest BCUT2D eigenvalue weighted by molar-refractivity contribution is -0.141. The zero-order valence-corrected chi connectivity index (χ0v) is 22.8. The van der Waals surface area contributed by atoms with Crippen LogP contribution in [0.2, 0.25) is 0 Å². The van der Waals surface area contributed by atoms with Gasteiger partial charge in [0.2, 0.25) is 5.91 Å². The summed E-state index contributed by atoms with van der Waals surface area (Å²) < 4.78 is 74.3. The second-order valence-corrected chi connectivity index (χ2v) is 10.8. The molecule has 1 atom stereocenters. The number of ether oxygens (including phenoxy) is 2. The Labute approximate surface area is 235 Å². The number of alkyl halides is 5. The van der Waals surface area contributed by atoms with Crippen molar-refractivity contribution in [3.8, 4) is 5.75 Å². The van der Waals surface area contributed by atoms with Crippen molar-refractivity contribution in [3.63, 3.8) is 0 Å². The predicted octanol–water partition coefficient (Wildman–Crippen LogP) is 5.94. The third-order valence-electron chi connectivity index (χ3n) is 7.39. The van der Waals surface area contributed by atoms with E-state index in [1.165, 1.54) is 18.2 Å². The predicted molar refractivity (Wildman–Crippen MR) is 142 cm³/mol. The molecule has 1 aliphatic heterocycles. The van der Waals surface area contributed by atoms with Crippen molar-refractivity contribution < 1.29 is 36.2 Å². The second-order valence-electron chi connectivity index (χ2n) is 10.8. The molecule has 2 aromatic rings. The zero-order valence-electron chi connectivity index (χ0n) is 22.8. The summed E-state index contributed by atoms with van der Waals surface area (Å²) in [6, 6.07) is 8.28. The Hall–Kier alpha value is -3.54. The molecular weight excluding hydrogens is 547 g/mol. The van der Waals surface area contributed by atoms with Crippen LogP contribution in [0.1, 0.15) is 62.8 Å². The Bertz CT molecular complexity index is 1270. The first-order valence-corrected chi connectivity index (χ1v) is 13.4. The first-order chi connectivity index (χ1) is 19.3. The normalized spacial score (nSPS) is 18.8. The zero-order chi connectivity index (χ0) is 29.8. The molecule has 1 fully saturated rings. The average Bonchev–Trinajstić information content (AvgIpc) is 2.92. The van der Waals surface area contributed by atoms with Crippen molar-refractivity contribution >= 4 is 11.6 Å². The molecule has 222 valence electrons. The number of rotatable bonds is 9. The van der Waals surface area contributed by atoms with E-state index in [4.69, 9.17) is 10.1 Å². The van der Waals surface area contributed by atoms with Gasteiger partial charge in [-0.25, -0.2) is 0 Å². The largest absolute Gasteiger partial charge is 0.435 e. The first kappa shape index (κ1) is 30.4. The van der Waals surface area contributed by atoms with Gasteiger partial charge in [0.05, 0.1) is 11.3 Å². The summed E-state index contributed by atoms with van der Waals surface area (Å²) >= 11 is 0. The van der Waals surface area contributed by atoms with Crippen LogP contribution < -0.4 is 15.4 Å². The van der Waals surface area contributed by atoms with Crippen LogP contribution in [0.25, 0.3) is 0 Å². The number of pyridine rings is 1. The number of hydrogen-bond donors (Lipinski definition) is 3. The molecule has 41 heavy (non-hydrogen) atoms. The molecule has 3 N–H and O–H groups in total. The van der Waals surface area contributed by atoms with Crippen molar-refractivity contribution in [1.29, 1.82) is 5.41 Å². The van der Waals surface area contributed by atoms with Gasteiger partial charge in [0.25, 0.3) is 0 Å². The highest BCUT2D eigenvalue weighted by atomic mass is 19.4. The van der Waals surface area contributed by atoms with Gasteiger partial charge in [-0.1, -0.05) is 18.2 Å². The van der Waals surface area contributed by atoms with Gasteiger partial charge in [-0.3, -0.25) is 15.2 Å². The monoisotopic (exact) mass is 580 g/mol. The molecule has 0 saturated carbocycles. The van der Waals surface area contributed by atoms with Crippen molar-refractivity contribution in [2.45, 2.75) is 70.3 Å². The van der Waals surface area contributed by atoms with Crippen molar-refractivity contribution in [3.05, 3.63) is 70.7 Å². The summed E-state index contributed by atoms with van der Waals surface area (Å²) in [5, 5.41) is 15.4. The third kappa shape index (κ3) is 7.81. The number of carbonyl (C=O) groups excluding carboxylic acids is 1. The molecule has 7 nitrogen and oxygen atoms in total. The Kier molecular flexibility index (Phi) is 9.31. The Morgan fingerprint density at radius 3 is 2.49 bits per heavy atom. The Morgan fingerprint density at radius 1 is 1.12 bits per heavy atom. The topological polar surface area (TPSA) is 96.3 Å². The van der Waals surface area contributed by atoms with Gasteiger partial charge in [0.1, 0.15) is 11.4 Å². The molecule has 1 amide bonds. The molecule has 12 heteroatoms. The maximum absolute atomic E-state index is 13.4. The smallest absolute Gasteiger partial charge is 0.433 e. The summed E-state index contributed by atoms with van der Waals surface area (Å²) in [5.74, 6) is -0.766. The van der Waals surface area contributed by atoms with Crippen molar-refractivity contribution in [2.75, 3.05) is 13.2 Å². The minimum atomic E-state index is -4.56. The van der Waals surface area contributed by atoms with Gasteiger partial charge in [-0.05, 0) is 75.3 Å². The fourth-order valence-corrected chi connectivity index (χ4v) is 5.09. The number of nitrogens with zero attached hydrogens (tertiary/aromatic N) is 1. The molecule has 1 saturated heterocycles. The molecule has 0 spiro atoms. The fraction of sp³-hybridized carbons (Fsp3) is 0.483. The number of allylic oxidation sites excluding steroid dienone is 2. The van der Waals surface area contributed by atoms with Gasteiger partial charge in [-0.15, -0.1) is 0 Å². The summed E-state index contributed by atoms with van der Waals surface area (Å²) in [5.41, 5.74) is 0.454. The molecule has 1 aromatic heterocycles.